The molecular formula is C22H21N3O2S. The summed E-state index contributed by atoms with van der Waals surface area (Å²) in [4.78, 5) is 23.3. The molecular weight excluding hydrogens is 370 g/mol. The van der Waals surface area contributed by atoms with Gasteiger partial charge in [0.15, 0.2) is 0 Å². The number of benzene rings is 1. The highest BCUT2D eigenvalue weighted by Gasteiger charge is 2.30. The average Bonchev–Trinajstić information content (AvgIpc) is 3.44. The number of fused-ring (bicyclic) bond motifs is 1. The normalized spacial score (nSPS) is 18.9. The largest absolute Gasteiger partial charge is 0.369 e. The van der Waals surface area contributed by atoms with Crippen LogP contribution in [0.15, 0.2) is 60.1 Å². The van der Waals surface area contributed by atoms with Crippen LogP contribution in [0.1, 0.15) is 26.9 Å². The second kappa shape index (κ2) is 7.37. The maximum atomic E-state index is 13.4. The van der Waals surface area contributed by atoms with E-state index >= 15 is 0 Å². The molecule has 0 aliphatic carbocycles. The van der Waals surface area contributed by atoms with E-state index in [1.54, 1.807) is 17.5 Å². The molecule has 5 nitrogen and oxygen atoms in total. The SMILES string of the molecule is O=C(c1cccnc1N1CCOC(c2cccs2)C1)N1CCc2ccccc21. The van der Waals surface area contributed by atoms with Gasteiger partial charge in [0, 0.05) is 29.9 Å². The number of aromatic nitrogens is 1. The molecule has 2 aliphatic rings. The Balaban J connectivity index is 1.44. The molecule has 0 spiro atoms. The molecule has 1 saturated heterocycles. The third kappa shape index (κ3) is 3.08. The van der Waals surface area contributed by atoms with E-state index in [1.807, 2.05) is 41.3 Å². The smallest absolute Gasteiger partial charge is 0.262 e. The number of hydrogen-bond acceptors (Lipinski definition) is 5. The molecule has 1 unspecified atom stereocenters. The Morgan fingerprint density at radius 3 is 2.93 bits per heavy atom. The Morgan fingerprint density at radius 2 is 2.04 bits per heavy atom. The molecule has 6 heteroatoms. The lowest BCUT2D eigenvalue weighted by Gasteiger charge is -2.34. The lowest BCUT2D eigenvalue weighted by molar-refractivity contribution is 0.0417. The van der Waals surface area contributed by atoms with Crippen LogP contribution in [0.4, 0.5) is 11.5 Å². The van der Waals surface area contributed by atoms with Crippen LogP contribution in [0.25, 0.3) is 0 Å². The summed E-state index contributed by atoms with van der Waals surface area (Å²) in [7, 11) is 0. The Morgan fingerprint density at radius 1 is 1.11 bits per heavy atom. The molecule has 142 valence electrons. The number of morpholine rings is 1. The fourth-order valence-corrected chi connectivity index (χ4v) is 4.76. The maximum absolute atomic E-state index is 13.4. The number of ether oxygens (including phenoxy) is 1. The average molecular weight is 391 g/mol. The Bertz CT molecular complexity index is 989. The summed E-state index contributed by atoms with van der Waals surface area (Å²) in [6.45, 7) is 2.77. The zero-order chi connectivity index (χ0) is 18.9. The highest BCUT2D eigenvalue weighted by molar-refractivity contribution is 7.10. The van der Waals surface area contributed by atoms with Crippen molar-refractivity contribution in [2.75, 3.05) is 36.0 Å². The summed E-state index contributed by atoms with van der Waals surface area (Å²) in [5.74, 6) is 0.772. The van der Waals surface area contributed by atoms with Crippen LogP contribution in [-0.2, 0) is 11.2 Å². The quantitative estimate of drug-likeness (QED) is 0.679. The molecule has 0 bridgehead atoms. The molecule has 1 aromatic carbocycles. The lowest BCUT2D eigenvalue weighted by atomic mass is 10.1. The minimum atomic E-state index is 0.0196. The van der Waals surface area contributed by atoms with Crippen molar-refractivity contribution in [1.29, 1.82) is 0 Å². The number of nitrogens with zero attached hydrogens (tertiary/aromatic N) is 3. The fourth-order valence-electron chi connectivity index (χ4n) is 4.00. The predicted molar refractivity (Wildman–Crippen MR) is 111 cm³/mol. The standard InChI is InChI=1S/C22H21N3O2S/c26-22(25-11-9-16-5-1-2-7-18(16)25)17-6-3-10-23-21(17)24-12-13-27-19(15-24)20-8-4-14-28-20/h1-8,10,14,19H,9,11-13,15H2. The molecule has 2 aliphatic heterocycles. The molecule has 2 aromatic heterocycles. The monoisotopic (exact) mass is 391 g/mol. The van der Waals surface area contributed by atoms with Gasteiger partial charge in [0.2, 0.25) is 0 Å². The highest BCUT2D eigenvalue weighted by Crippen LogP contribution is 2.33. The van der Waals surface area contributed by atoms with Crippen LogP contribution in [0.5, 0.6) is 0 Å². The summed E-state index contributed by atoms with van der Waals surface area (Å²) in [5.41, 5.74) is 2.90. The molecule has 1 atom stereocenters. The van der Waals surface area contributed by atoms with Crippen LogP contribution >= 0.6 is 11.3 Å². The summed E-state index contributed by atoms with van der Waals surface area (Å²) in [6, 6.07) is 16.0. The van der Waals surface area contributed by atoms with Crippen molar-refractivity contribution in [3.63, 3.8) is 0 Å². The molecule has 1 fully saturated rings. The zero-order valence-electron chi connectivity index (χ0n) is 15.5. The Labute approximate surface area is 168 Å². The summed E-state index contributed by atoms with van der Waals surface area (Å²) in [5, 5.41) is 2.07. The number of anilines is 2. The van der Waals surface area contributed by atoms with E-state index in [9.17, 15) is 4.79 Å². The number of carbonyl (C=O) groups excluding carboxylic acids is 1. The van der Waals surface area contributed by atoms with Crippen molar-refractivity contribution in [3.05, 3.63) is 76.1 Å². The summed E-state index contributed by atoms with van der Waals surface area (Å²) >= 11 is 1.70. The van der Waals surface area contributed by atoms with Crippen molar-refractivity contribution < 1.29 is 9.53 Å². The van der Waals surface area contributed by atoms with E-state index in [0.717, 1.165) is 24.5 Å². The molecule has 5 rings (SSSR count). The molecule has 0 radical (unpaired) electrons. The van der Waals surface area contributed by atoms with Gasteiger partial charge in [-0.05, 0) is 41.6 Å². The van der Waals surface area contributed by atoms with Crippen molar-refractivity contribution in [3.8, 4) is 0 Å². The number of rotatable bonds is 3. The van der Waals surface area contributed by atoms with Crippen molar-refractivity contribution >= 4 is 28.7 Å². The van der Waals surface area contributed by atoms with Gasteiger partial charge in [0.25, 0.3) is 5.91 Å². The van der Waals surface area contributed by atoms with E-state index in [0.29, 0.717) is 25.3 Å². The van der Waals surface area contributed by atoms with E-state index in [1.165, 1.54) is 10.4 Å². The van der Waals surface area contributed by atoms with Gasteiger partial charge in [-0.15, -0.1) is 11.3 Å². The van der Waals surface area contributed by atoms with E-state index in [4.69, 9.17) is 4.74 Å². The Kier molecular flexibility index (Phi) is 4.58. The van der Waals surface area contributed by atoms with Crippen LogP contribution in [-0.4, -0.2) is 37.1 Å². The number of hydrogen-bond donors (Lipinski definition) is 0. The number of amides is 1. The van der Waals surface area contributed by atoms with Crippen molar-refractivity contribution in [2.45, 2.75) is 12.5 Å². The number of carbonyl (C=O) groups is 1. The second-order valence-electron chi connectivity index (χ2n) is 7.03. The van der Waals surface area contributed by atoms with Gasteiger partial charge in [-0.25, -0.2) is 4.98 Å². The molecule has 1 amide bonds. The topological polar surface area (TPSA) is 45.7 Å². The zero-order valence-corrected chi connectivity index (χ0v) is 16.3. The first-order chi connectivity index (χ1) is 13.8. The van der Waals surface area contributed by atoms with Gasteiger partial charge in [0.05, 0.1) is 18.7 Å². The minimum absolute atomic E-state index is 0.0196. The van der Waals surface area contributed by atoms with Gasteiger partial charge in [-0.2, -0.15) is 0 Å². The summed E-state index contributed by atoms with van der Waals surface area (Å²) < 4.78 is 5.97. The molecule has 0 saturated carbocycles. The first kappa shape index (κ1) is 17.4. The number of thiophene rings is 1. The van der Waals surface area contributed by atoms with Crippen molar-refractivity contribution in [2.24, 2.45) is 0 Å². The molecule has 4 heterocycles. The third-order valence-electron chi connectivity index (χ3n) is 5.38. The molecule has 0 N–H and O–H groups in total. The van der Waals surface area contributed by atoms with Gasteiger partial charge in [0.1, 0.15) is 11.9 Å². The van der Waals surface area contributed by atoms with Crippen LogP contribution < -0.4 is 9.80 Å². The van der Waals surface area contributed by atoms with E-state index in [-0.39, 0.29) is 12.0 Å². The Hall–Kier alpha value is -2.70. The number of para-hydroxylation sites is 1. The predicted octanol–water partition coefficient (Wildman–Crippen LogP) is 3.92. The highest BCUT2D eigenvalue weighted by atomic mass is 32.1. The minimum Gasteiger partial charge on any atom is -0.369 e. The lowest BCUT2D eigenvalue weighted by Crippen LogP contribution is -2.40. The van der Waals surface area contributed by atoms with Crippen molar-refractivity contribution in [1.82, 2.24) is 4.98 Å². The van der Waals surface area contributed by atoms with E-state index < -0.39 is 0 Å². The molecule has 3 aromatic rings. The van der Waals surface area contributed by atoms with Gasteiger partial charge < -0.3 is 14.5 Å². The number of pyridine rings is 1. The second-order valence-corrected chi connectivity index (χ2v) is 8.01. The van der Waals surface area contributed by atoms with Gasteiger partial charge in [-0.3, -0.25) is 4.79 Å². The summed E-state index contributed by atoms with van der Waals surface area (Å²) in [6.07, 6.45) is 2.68. The van der Waals surface area contributed by atoms with Crippen LogP contribution in [0.3, 0.4) is 0 Å². The van der Waals surface area contributed by atoms with Gasteiger partial charge in [-0.1, -0.05) is 24.3 Å². The van der Waals surface area contributed by atoms with Gasteiger partial charge >= 0.3 is 0 Å². The van der Waals surface area contributed by atoms with E-state index in [2.05, 4.69) is 27.4 Å². The molecule has 28 heavy (non-hydrogen) atoms. The maximum Gasteiger partial charge on any atom is 0.262 e. The fraction of sp³-hybridized carbons (Fsp3) is 0.273. The van der Waals surface area contributed by atoms with Crippen LogP contribution in [0.2, 0.25) is 0 Å². The first-order valence-corrected chi connectivity index (χ1v) is 10.4. The third-order valence-corrected chi connectivity index (χ3v) is 6.34. The van der Waals surface area contributed by atoms with Crippen LogP contribution in [0, 0.1) is 0 Å². The first-order valence-electron chi connectivity index (χ1n) is 9.56.